The number of rotatable bonds is 15. The summed E-state index contributed by atoms with van der Waals surface area (Å²) in [6, 6.07) is 1.04. The average molecular weight is 777 g/mol. The lowest BCUT2D eigenvalue weighted by molar-refractivity contribution is 0.0875. The monoisotopic (exact) mass is 777 g/mol. The maximum Gasteiger partial charge on any atom is 0.152 e. The van der Waals surface area contributed by atoms with Crippen LogP contribution in [0, 0.1) is 46.3 Å². The molecule has 0 aromatic rings. The Bertz CT molecular complexity index is 1470. The van der Waals surface area contributed by atoms with Gasteiger partial charge in [-0.15, -0.1) is 0 Å². The normalized spacial score (nSPS) is 35.2. The molecule has 1 aliphatic heterocycles. The first kappa shape index (κ1) is 42.1. The minimum atomic E-state index is -1.71. The Balaban J connectivity index is 1.11. The molecule has 7 rings (SSSR count). The predicted octanol–water partition coefficient (Wildman–Crippen LogP) is 11.8. The largest absolute Gasteiger partial charge is 0.379 e. The zero-order valence-electron chi connectivity index (χ0n) is 35.5. The van der Waals surface area contributed by atoms with E-state index < -0.39 is 17.3 Å². The van der Waals surface area contributed by atoms with Crippen LogP contribution in [0.3, 0.4) is 0 Å². The van der Waals surface area contributed by atoms with Crippen LogP contribution in [-0.4, -0.2) is 49.4 Å². The molecule has 0 bridgehead atoms. The number of allylic oxidation sites excluding steroid dienone is 7. The first-order valence-corrected chi connectivity index (χ1v) is 24.8. The summed E-state index contributed by atoms with van der Waals surface area (Å²) < 4.78 is 21.1. The topological polar surface area (TPSA) is 86.8 Å². The summed E-state index contributed by atoms with van der Waals surface area (Å²) in [4.78, 5) is 2.90. The molecule has 0 radical (unpaired) electrons. The number of nitrogens with two attached hydrogens (primary N) is 1. The molecule has 0 aromatic carbocycles. The van der Waals surface area contributed by atoms with Crippen LogP contribution in [-0.2, 0) is 11.1 Å². The van der Waals surface area contributed by atoms with Crippen LogP contribution < -0.4 is 5.73 Å². The maximum atomic E-state index is 11.6. The third-order valence-electron chi connectivity index (χ3n) is 16.9. The van der Waals surface area contributed by atoms with Gasteiger partial charge in [-0.3, -0.25) is 4.90 Å². The molecule has 1 saturated carbocycles. The molecule has 2 fully saturated rings. The second-order valence-corrected chi connectivity index (χ2v) is 21.9. The highest BCUT2D eigenvalue weighted by atomic mass is 32.2. The molecule has 310 valence electrons. The lowest BCUT2D eigenvalue weighted by Crippen LogP contribution is -2.42. The maximum absolute atomic E-state index is 11.6. The Kier molecular flexibility index (Phi) is 14.1. The van der Waals surface area contributed by atoms with Gasteiger partial charge in [-0.05, 0) is 199 Å². The molecule has 10 unspecified atom stereocenters. The minimum absolute atomic E-state index is 0.182. The van der Waals surface area contributed by atoms with E-state index in [9.17, 15) is 13.9 Å². The van der Waals surface area contributed by atoms with Crippen molar-refractivity contribution < 1.29 is 13.9 Å². The Labute approximate surface area is 339 Å². The van der Waals surface area contributed by atoms with E-state index in [0.29, 0.717) is 35.1 Å². The van der Waals surface area contributed by atoms with Gasteiger partial charge in [0.1, 0.15) is 6.23 Å². The molecule has 0 spiro atoms. The molecule has 0 amide bonds. The van der Waals surface area contributed by atoms with Crippen LogP contribution in [0.15, 0.2) is 46.1 Å². The third kappa shape index (κ3) is 9.40. The highest BCUT2D eigenvalue weighted by Gasteiger charge is 2.57. The first-order valence-electron chi connectivity index (χ1n) is 23.5. The van der Waals surface area contributed by atoms with E-state index in [0.717, 1.165) is 56.4 Å². The van der Waals surface area contributed by atoms with Gasteiger partial charge in [-0.25, -0.2) is 4.21 Å². The average Bonchev–Trinajstić information content (AvgIpc) is 3.40. The number of aliphatic hydroxyl groups is 1. The summed E-state index contributed by atoms with van der Waals surface area (Å²) >= 11 is -1.71. The highest BCUT2D eigenvalue weighted by Crippen LogP contribution is 2.58. The lowest BCUT2D eigenvalue weighted by Gasteiger charge is -2.45. The van der Waals surface area contributed by atoms with Crippen LogP contribution in [0.1, 0.15) is 182 Å². The number of hydrogen-bond acceptors (Lipinski definition) is 4. The molecule has 6 aliphatic carbocycles. The molecule has 55 heavy (non-hydrogen) atoms. The molecule has 0 aromatic heterocycles. The van der Waals surface area contributed by atoms with Gasteiger partial charge >= 0.3 is 0 Å². The van der Waals surface area contributed by atoms with Crippen LogP contribution in [0.4, 0.5) is 0 Å². The van der Waals surface area contributed by atoms with Gasteiger partial charge in [0.15, 0.2) is 11.1 Å². The fourth-order valence-corrected chi connectivity index (χ4v) is 14.6. The fourth-order valence-electron chi connectivity index (χ4n) is 14.2. The molecule has 5 nitrogen and oxygen atoms in total. The van der Waals surface area contributed by atoms with Crippen molar-refractivity contribution in [2.75, 3.05) is 12.3 Å². The summed E-state index contributed by atoms with van der Waals surface area (Å²) in [5, 5.41) is 10.3. The van der Waals surface area contributed by atoms with Crippen LogP contribution in [0.25, 0.3) is 0 Å². The molecule has 1 saturated heterocycles. The minimum Gasteiger partial charge on any atom is -0.379 e. The number of aliphatic hydroxyl groups excluding tert-OH is 1. The lowest BCUT2D eigenvalue weighted by atomic mass is 9.59. The van der Waals surface area contributed by atoms with Gasteiger partial charge in [0.05, 0.1) is 0 Å². The quantitative estimate of drug-likeness (QED) is 0.0667. The van der Waals surface area contributed by atoms with Crippen LogP contribution in [0.5, 0.6) is 0 Å². The molecule has 4 N–H and O–H groups in total. The zero-order valence-corrected chi connectivity index (χ0v) is 36.4. The van der Waals surface area contributed by atoms with E-state index in [1.165, 1.54) is 122 Å². The summed E-state index contributed by atoms with van der Waals surface area (Å²) in [5.41, 5.74) is 15.5. The molecular weight excluding hydrogens is 697 g/mol. The molecule has 1 heterocycles. The van der Waals surface area contributed by atoms with Crippen molar-refractivity contribution in [3.05, 3.63) is 46.1 Å². The summed E-state index contributed by atoms with van der Waals surface area (Å²) in [7, 11) is 0. The Morgan fingerprint density at radius 2 is 1.69 bits per heavy atom. The van der Waals surface area contributed by atoms with Gasteiger partial charge in [0.2, 0.25) is 0 Å². The molecule has 6 heteroatoms. The van der Waals surface area contributed by atoms with Gasteiger partial charge < -0.3 is 15.4 Å². The van der Waals surface area contributed by atoms with E-state index in [4.69, 9.17) is 5.73 Å². The highest BCUT2D eigenvalue weighted by molar-refractivity contribution is 7.79. The van der Waals surface area contributed by atoms with Crippen molar-refractivity contribution in [3.63, 3.8) is 0 Å². The van der Waals surface area contributed by atoms with Gasteiger partial charge in [-0.1, -0.05) is 75.5 Å². The van der Waals surface area contributed by atoms with Gasteiger partial charge in [0, 0.05) is 23.8 Å². The predicted molar refractivity (Wildman–Crippen MR) is 231 cm³/mol. The van der Waals surface area contributed by atoms with Crippen molar-refractivity contribution in [2.45, 2.75) is 200 Å². The number of fused-ring (bicyclic) bond motifs is 3. The van der Waals surface area contributed by atoms with E-state index in [1.807, 2.05) is 11.1 Å². The molecule has 10 atom stereocenters. The van der Waals surface area contributed by atoms with E-state index in [1.54, 1.807) is 16.7 Å². The van der Waals surface area contributed by atoms with Crippen molar-refractivity contribution in [1.82, 2.24) is 4.90 Å². The fraction of sp³-hybridized carbons (Fsp3) is 0.837. The van der Waals surface area contributed by atoms with E-state index >= 15 is 0 Å². The number of hydrogen-bond donors (Lipinski definition) is 3. The van der Waals surface area contributed by atoms with Crippen molar-refractivity contribution in [2.24, 2.45) is 52.1 Å². The standard InChI is InChI=1S/C49H80N2O3S/c1-48(2,42-22-12-16-34-14-5-7-20-40(34)42)31-13-19-36-17-11-18-37(45(36)38-23-25-39(26-24-38)47(50)52)28-30-44-49(3,4)46-41-21-8-6-15-35(41)27-29-43(46)51(44)32-9-10-33-55(53)54/h23,27,29,35,37,39,41-44,46-47,52H,5-22,24-26,28,30-33,50H2,1-4H3,(H,53,54). The van der Waals surface area contributed by atoms with Crippen molar-refractivity contribution in [1.29, 1.82) is 0 Å². The Morgan fingerprint density at radius 1 is 0.909 bits per heavy atom. The third-order valence-corrected chi connectivity index (χ3v) is 17.5. The van der Waals surface area contributed by atoms with Crippen molar-refractivity contribution in [3.8, 4) is 0 Å². The van der Waals surface area contributed by atoms with E-state index in [2.05, 4.69) is 50.8 Å². The second-order valence-electron chi connectivity index (χ2n) is 20.9. The summed E-state index contributed by atoms with van der Waals surface area (Å²) in [6.45, 7) is 11.5. The van der Waals surface area contributed by atoms with E-state index in [-0.39, 0.29) is 11.3 Å². The number of nitrogens with zero attached hydrogens (tertiary/aromatic N) is 1. The van der Waals surface area contributed by atoms with Crippen LogP contribution in [0.2, 0.25) is 0 Å². The number of likely N-dealkylation sites (tertiary alicyclic amines) is 1. The van der Waals surface area contributed by atoms with Crippen molar-refractivity contribution >= 4 is 11.1 Å². The molecular formula is C49H80N2O3S. The zero-order chi connectivity index (χ0) is 38.7. The SMILES string of the molecule is CC(C)(CCCC1=C(C2=CCC(C(N)O)CC2)C(CCC2N(CCCCS(=O)O)C3C=CC4CCCCC4C3C2(C)C)CCC1)C1CCCC2=C1CCCC2. The number of unbranched alkanes of at least 4 members (excludes halogenated alkanes) is 1. The Morgan fingerprint density at radius 3 is 2.47 bits per heavy atom. The smallest absolute Gasteiger partial charge is 0.152 e. The first-order chi connectivity index (χ1) is 26.5. The van der Waals surface area contributed by atoms with Crippen LogP contribution >= 0.6 is 0 Å². The second kappa shape index (κ2) is 18.5. The Hall–Kier alpha value is -1.05. The van der Waals surface area contributed by atoms with Gasteiger partial charge in [-0.2, -0.15) is 0 Å². The van der Waals surface area contributed by atoms with Gasteiger partial charge in [0.25, 0.3) is 0 Å². The summed E-state index contributed by atoms with van der Waals surface area (Å²) in [6.07, 6.45) is 37.3. The molecule has 7 aliphatic rings. The summed E-state index contributed by atoms with van der Waals surface area (Å²) in [5.74, 6) is 4.22.